The lowest BCUT2D eigenvalue weighted by atomic mass is 10.1. The summed E-state index contributed by atoms with van der Waals surface area (Å²) in [6, 6.07) is -0.688. The zero-order valence-corrected chi connectivity index (χ0v) is 7.12. The summed E-state index contributed by atoms with van der Waals surface area (Å²) >= 11 is 0. The Morgan fingerprint density at radius 1 is 1.75 bits per heavy atom. The Morgan fingerprint density at radius 3 is 3.00 bits per heavy atom. The van der Waals surface area contributed by atoms with E-state index < -0.39 is 12.0 Å². The first-order chi connectivity index (χ1) is 5.70. The lowest BCUT2D eigenvalue weighted by molar-refractivity contribution is -0.138. The molecule has 1 rings (SSSR count). The maximum absolute atomic E-state index is 10.4. The predicted molar refractivity (Wildman–Crippen MR) is 46.8 cm³/mol. The minimum atomic E-state index is -0.895. The lowest BCUT2D eigenvalue weighted by Gasteiger charge is -2.05. The summed E-state index contributed by atoms with van der Waals surface area (Å²) in [4.78, 5) is 10.4. The summed E-state index contributed by atoms with van der Waals surface area (Å²) < 4.78 is 0. The molecule has 1 aliphatic carbocycles. The highest BCUT2D eigenvalue weighted by atomic mass is 16.4. The number of carboxylic acid groups (broad SMARTS) is 1. The van der Waals surface area contributed by atoms with Gasteiger partial charge in [0.2, 0.25) is 0 Å². The van der Waals surface area contributed by atoms with Crippen LogP contribution in [0.1, 0.15) is 32.1 Å². The SMILES string of the molecule is NC(CCC1=CCCC1)C(=O)O. The second-order valence-corrected chi connectivity index (χ2v) is 3.24. The van der Waals surface area contributed by atoms with Crippen LogP contribution in [0.3, 0.4) is 0 Å². The Hall–Kier alpha value is -0.830. The summed E-state index contributed by atoms with van der Waals surface area (Å²) in [7, 11) is 0. The van der Waals surface area contributed by atoms with Gasteiger partial charge in [-0.05, 0) is 32.1 Å². The molecule has 1 atom stereocenters. The highest BCUT2D eigenvalue weighted by Gasteiger charge is 2.12. The molecule has 0 aromatic carbocycles. The molecule has 0 fully saturated rings. The monoisotopic (exact) mass is 169 g/mol. The molecule has 68 valence electrons. The van der Waals surface area contributed by atoms with Gasteiger partial charge < -0.3 is 10.8 Å². The maximum Gasteiger partial charge on any atom is 0.320 e. The van der Waals surface area contributed by atoms with Gasteiger partial charge in [0.1, 0.15) is 6.04 Å². The van der Waals surface area contributed by atoms with E-state index in [0.717, 1.165) is 19.3 Å². The van der Waals surface area contributed by atoms with E-state index in [1.165, 1.54) is 12.0 Å². The van der Waals surface area contributed by atoms with Crippen molar-refractivity contribution in [1.82, 2.24) is 0 Å². The number of aliphatic carboxylic acids is 1. The number of hydrogen-bond acceptors (Lipinski definition) is 2. The molecule has 3 heteroatoms. The van der Waals surface area contributed by atoms with Gasteiger partial charge in [-0.15, -0.1) is 0 Å². The van der Waals surface area contributed by atoms with E-state index in [0.29, 0.717) is 6.42 Å². The van der Waals surface area contributed by atoms with E-state index in [9.17, 15) is 4.79 Å². The molecule has 0 saturated heterocycles. The van der Waals surface area contributed by atoms with Gasteiger partial charge in [-0.2, -0.15) is 0 Å². The average Bonchev–Trinajstić information content (AvgIpc) is 2.51. The van der Waals surface area contributed by atoms with Crippen LogP contribution < -0.4 is 5.73 Å². The second-order valence-electron chi connectivity index (χ2n) is 3.24. The van der Waals surface area contributed by atoms with E-state index in [2.05, 4.69) is 6.08 Å². The highest BCUT2D eigenvalue weighted by molar-refractivity contribution is 5.73. The fourth-order valence-corrected chi connectivity index (χ4v) is 1.43. The van der Waals surface area contributed by atoms with E-state index in [4.69, 9.17) is 10.8 Å². The number of nitrogens with two attached hydrogens (primary N) is 1. The van der Waals surface area contributed by atoms with Gasteiger partial charge in [0.25, 0.3) is 0 Å². The first-order valence-electron chi connectivity index (χ1n) is 4.36. The normalized spacial score (nSPS) is 18.9. The minimum absolute atomic E-state index is 0.571. The third kappa shape index (κ3) is 2.66. The molecule has 0 aromatic heterocycles. The number of rotatable bonds is 4. The minimum Gasteiger partial charge on any atom is -0.480 e. The summed E-state index contributed by atoms with van der Waals surface area (Å²) in [5.74, 6) is -0.895. The summed E-state index contributed by atoms with van der Waals surface area (Å²) in [6.07, 6.45) is 7.13. The molecule has 12 heavy (non-hydrogen) atoms. The van der Waals surface area contributed by atoms with Crippen LogP contribution in [-0.2, 0) is 4.79 Å². The highest BCUT2D eigenvalue weighted by Crippen LogP contribution is 2.21. The molecular formula is C9H15NO2. The van der Waals surface area contributed by atoms with Crippen LogP contribution in [0, 0.1) is 0 Å². The van der Waals surface area contributed by atoms with Crippen LogP contribution in [0.4, 0.5) is 0 Å². The van der Waals surface area contributed by atoms with Crippen molar-refractivity contribution in [3.8, 4) is 0 Å². The van der Waals surface area contributed by atoms with Crippen molar-refractivity contribution >= 4 is 5.97 Å². The van der Waals surface area contributed by atoms with Crippen molar-refractivity contribution in [3.63, 3.8) is 0 Å². The molecule has 0 aromatic rings. The third-order valence-corrected chi connectivity index (χ3v) is 2.23. The standard InChI is InChI=1S/C9H15NO2/c10-8(9(11)12)6-5-7-3-1-2-4-7/h3,8H,1-2,4-6,10H2,(H,11,12). The van der Waals surface area contributed by atoms with Crippen LogP contribution in [0.5, 0.6) is 0 Å². The number of hydrogen-bond donors (Lipinski definition) is 2. The Kier molecular flexibility index (Phi) is 3.29. The quantitative estimate of drug-likeness (QED) is 0.623. The van der Waals surface area contributed by atoms with Gasteiger partial charge in [-0.3, -0.25) is 4.79 Å². The number of carbonyl (C=O) groups is 1. The van der Waals surface area contributed by atoms with Crippen molar-refractivity contribution in [2.45, 2.75) is 38.1 Å². The molecule has 1 aliphatic rings. The molecule has 3 nitrogen and oxygen atoms in total. The molecule has 0 amide bonds. The Bertz CT molecular complexity index is 199. The van der Waals surface area contributed by atoms with Crippen molar-refractivity contribution < 1.29 is 9.90 Å². The summed E-state index contributed by atoms with van der Waals surface area (Å²) in [5, 5.41) is 8.51. The molecule has 0 aliphatic heterocycles. The van der Waals surface area contributed by atoms with Crippen LogP contribution in [0.2, 0.25) is 0 Å². The molecule has 0 bridgehead atoms. The van der Waals surface area contributed by atoms with E-state index in [1.54, 1.807) is 0 Å². The average molecular weight is 169 g/mol. The van der Waals surface area contributed by atoms with Gasteiger partial charge in [0.15, 0.2) is 0 Å². The van der Waals surface area contributed by atoms with Gasteiger partial charge in [0.05, 0.1) is 0 Å². The topological polar surface area (TPSA) is 63.3 Å². The first kappa shape index (κ1) is 9.26. The second kappa shape index (κ2) is 4.26. The van der Waals surface area contributed by atoms with E-state index in [-0.39, 0.29) is 0 Å². The molecule has 3 N–H and O–H groups in total. The van der Waals surface area contributed by atoms with E-state index in [1.807, 2.05) is 0 Å². The Balaban J connectivity index is 2.20. The predicted octanol–water partition coefficient (Wildman–Crippen LogP) is 1.29. The fourth-order valence-electron chi connectivity index (χ4n) is 1.43. The van der Waals surface area contributed by atoms with Gasteiger partial charge in [0, 0.05) is 0 Å². The largest absolute Gasteiger partial charge is 0.480 e. The van der Waals surface area contributed by atoms with Gasteiger partial charge in [-0.25, -0.2) is 0 Å². The van der Waals surface area contributed by atoms with Gasteiger partial charge >= 0.3 is 5.97 Å². The number of carboxylic acids is 1. The van der Waals surface area contributed by atoms with Crippen molar-refractivity contribution in [2.75, 3.05) is 0 Å². The van der Waals surface area contributed by atoms with E-state index >= 15 is 0 Å². The zero-order chi connectivity index (χ0) is 8.97. The van der Waals surface area contributed by atoms with Crippen molar-refractivity contribution in [1.29, 1.82) is 0 Å². The Morgan fingerprint density at radius 2 is 2.50 bits per heavy atom. The fraction of sp³-hybridized carbons (Fsp3) is 0.667. The molecular weight excluding hydrogens is 154 g/mol. The van der Waals surface area contributed by atoms with Crippen LogP contribution in [0.15, 0.2) is 11.6 Å². The Labute approximate surface area is 72.3 Å². The van der Waals surface area contributed by atoms with Crippen molar-refractivity contribution in [3.05, 3.63) is 11.6 Å². The molecule has 0 radical (unpaired) electrons. The number of allylic oxidation sites excluding steroid dienone is 2. The smallest absolute Gasteiger partial charge is 0.320 e. The third-order valence-electron chi connectivity index (χ3n) is 2.23. The molecule has 0 saturated carbocycles. The van der Waals surface area contributed by atoms with Crippen LogP contribution in [0.25, 0.3) is 0 Å². The van der Waals surface area contributed by atoms with Crippen molar-refractivity contribution in [2.24, 2.45) is 5.73 Å². The van der Waals surface area contributed by atoms with Crippen LogP contribution in [-0.4, -0.2) is 17.1 Å². The molecule has 0 spiro atoms. The zero-order valence-electron chi connectivity index (χ0n) is 7.12. The van der Waals surface area contributed by atoms with Gasteiger partial charge in [-0.1, -0.05) is 11.6 Å². The maximum atomic E-state index is 10.4. The lowest BCUT2D eigenvalue weighted by Crippen LogP contribution is -2.29. The summed E-state index contributed by atoms with van der Waals surface area (Å²) in [6.45, 7) is 0. The summed E-state index contributed by atoms with van der Waals surface area (Å²) in [5.41, 5.74) is 6.75. The van der Waals surface area contributed by atoms with Crippen LogP contribution >= 0.6 is 0 Å². The molecule has 1 unspecified atom stereocenters. The first-order valence-corrected chi connectivity index (χ1v) is 4.36. The molecule has 0 heterocycles.